The van der Waals surface area contributed by atoms with Crippen molar-refractivity contribution in [3.8, 4) is 0 Å². The van der Waals surface area contributed by atoms with Crippen molar-refractivity contribution in [2.24, 2.45) is 5.73 Å². The van der Waals surface area contributed by atoms with Crippen LogP contribution in [0.4, 0.5) is 11.4 Å². The zero-order chi connectivity index (χ0) is 13.4. The van der Waals surface area contributed by atoms with Crippen LogP contribution in [-0.2, 0) is 4.79 Å². The van der Waals surface area contributed by atoms with Crippen molar-refractivity contribution in [1.29, 1.82) is 0 Å². The van der Waals surface area contributed by atoms with Gasteiger partial charge in [-0.2, -0.15) is 0 Å². The van der Waals surface area contributed by atoms with Crippen LogP contribution in [0.25, 0.3) is 0 Å². The molecule has 0 radical (unpaired) electrons. The average molecular weight is 259 g/mol. The highest BCUT2D eigenvalue weighted by molar-refractivity contribution is 6.04. The summed E-state index contributed by atoms with van der Waals surface area (Å²) >= 11 is 0. The molecular weight excluding hydrogens is 238 g/mol. The second kappa shape index (κ2) is 4.85. The van der Waals surface area contributed by atoms with Crippen molar-refractivity contribution in [2.75, 3.05) is 29.9 Å². The molecule has 2 heterocycles. The third kappa shape index (κ3) is 2.10. The van der Waals surface area contributed by atoms with E-state index < -0.39 is 6.04 Å². The lowest BCUT2D eigenvalue weighted by atomic mass is 10.1. The zero-order valence-corrected chi connectivity index (χ0v) is 11.4. The number of hydrogen-bond acceptors (Lipinski definition) is 3. The van der Waals surface area contributed by atoms with Gasteiger partial charge in [-0.15, -0.1) is 0 Å². The van der Waals surface area contributed by atoms with E-state index in [1.807, 2.05) is 6.07 Å². The van der Waals surface area contributed by atoms with E-state index in [9.17, 15) is 4.79 Å². The summed E-state index contributed by atoms with van der Waals surface area (Å²) in [6.07, 6.45) is 5.16. The van der Waals surface area contributed by atoms with Crippen LogP contribution in [0.5, 0.6) is 0 Å². The topological polar surface area (TPSA) is 49.6 Å². The molecule has 0 aliphatic carbocycles. The Morgan fingerprint density at radius 3 is 2.53 bits per heavy atom. The summed E-state index contributed by atoms with van der Waals surface area (Å²) in [5.41, 5.74) is 9.07. The Hall–Kier alpha value is -1.55. The van der Waals surface area contributed by atoms with Crippen LogP contribution in [0.15, 0.2) is 18.2 Å². The Balaban J connectivity index is 1.91. The number of carbonyl (C=O) groups excluding carboxylic acids is 1. The number of anilines is 2. The molecule has 0 bridgehead atoms. The molecule has 3 rings (SSSR count). The van der Waals surface area contributed by atoms with Gasteiger partial charge in [0.1, 0.15) is 6.04 Å². The first kappa shape index (κ1) is 12.5. The SMILES string of the molecule is CN1C(=O)C(N)c2ccc(N3CCCCCC3)cc21. The molecule has 102 valence electrons. The first-order valence-electron chi connectivity index (χ1n) is 7.10. The van der Waals surface area contributed by atoms with Crippen molar-refractivity contribution in [3.63, 3.8) is 0 Å². The van der Waals surface area contributed by atoms with Gasteiger partial charge in [-0.25, -0.2) is 0 Å². The van der Waals surface area contributed by atoms with Gasteiger partial charge in [0.15, 0.2) is 0 Å². The molecule has 0 spiro atoms. The fourth-order valence-corrected chi connectivity index (χ4v) is 3.07. The molecule has 0 aromatic heterocycles. The van der Waals surface area contributed by atoms with Gasteiger partial charge in [-0.1, -0.05) is 18.9 Å². The summed E-state index contributed by atoms with van der Waals surface area (Å²) in [5.74, 6) is -0.0111. The Bertz CT molecular complexity index is 492. The minimum absolute atomic E-state index is 0.0111. The molecule has 2 N–H and O–H groups in total. The molecule has 1 saturated heterocycles. The Morgan fingerprint density at radius 2 is 1.84 bits per heavy atom. The van der Waals surface area contributed by atoms with Gasteiger partial charge >= 0.3 is 0 Å². The Morgan fingerprint density at radius 1 is 1.16 bits per heavy atom. The lowest BCUT2D eigenvalue weighted by molar-refractivity contribution is -0.118. The van der Waals surface area contributed by atoms with E-state index in [2.05, 4.69) is 17.0 Å². The van der Waals surface area contributed by atoms with Crippen LogP contribution in [-0.4, -0.2) is 26.0 Å². The molecule has 2 aliphatic heterocycles. The third-order valence-electron chi connectivity index (χ3n) is 4.28. The third-order valence-corrected chi connectivity index (χ3v) is 4.28. The van der Waals surface area contributed by atoms with Crippen LogP contribution in [0, 0.1) is 0 Å². The van der Waals surface area contributed by atoms with Crippen LogP contribution in [0.1, 0.15) is 37.3 Å². The number of carbonyl (C=O) groups is 1. The summed E-state index contributed by atoms with van der Waals surface area (Å²) in [7, 11) is 1.81. The second-order valence-electron chi connectivity index (χ2n) is 5.52. The highest BCUT2D eigenvalue weighted by atomic mass is 16.2. The van der Waals surface area contributed by atoms with Gasteiger partial charge in [-0.05, 0) is 25.0 Å². The monoisotopic (exact) mass is 259 g/mol. The summed E-state index contributed by atoms with van der Waals surface area (Å²) in [5, 5.41) is 0. The number of hydrogen-bond donors (Lipinski definition) is 1. The smallest absolute Gasteiger partial charge is 0.248 e. The first-order chi connectivity index (χ1) is 9.18. The van der Waals surface area contributed by atoms with Gasteiger partial charge in [0.25, 0.3) is 0 Å². The van der Waals surface area contributed by atoms with Crippen LogP contribution in [0.3, 0.4) is 0 Å². The molecule has 4 heteroatoms. The van der Waals surface area contributed by atoms with Crippen LogP contribution in [0.2, 0.25) is 0 Å². The molecule has 1 atom stereocenters. The maximum Gasteiger partial charge on any atom is 0.248 e. The van der Waals surface area contributed by atoms with E-state index in [-0.39, 0.29) is 5.91 Å². The zero-order valence-electron chi connectivity index (χ0n) is 11.4. The molecule has 1 amide bonds. The van der Waals surface area contributed by atoms with Gasteiger partial charge in [0.05, 0.1) is 5.69 Å². The molecule has 2 aliphatic rings. The van der Waals surface area contributed by atoms with E-state index in [4.69, 9.17) is 5.73 Å². The van der Waals surface area contributed by atoms with E-state index in [1.165, 1.54) is 31.4 Å². The summed E-state index contributed by atoms with van der Waals surface area (Å²) in [4.78, 5) is 16.0. The fraction of sp³-hybridized carbons (Fsp3) is 0.533. The van der Waals surface area contributed by atoms with E-state index >= 15 is 0 Å². The molecule has 1 aromatic carbocycles. The molecule has 1 unspecified atom stereocenters. The maximum absolute atomic E-state index is 11.9. The molecule has 19 heavy (non-hydrogen) atoms. The summed E-state index contributed by atoms with van der Waals surface area (Å²) in [6.45, 7) is 2.23. The first-order valence-corrected chi connectivity index (χ1v) is 7.10. The minimum Gasteiger partial charge on any atom is -0.371 e. The van der Waals surface area contributed by atoms with Crippen molar-refractivity contribution in [3.05, 3.63) is 23.8 Å². The highest BCUT2D eigenvalue weighted by Crippen LogP contribution is 2.36. The normalized spacial score (nSPS) is 23.5. The quantitative estimate of drug-likeness (QED) is 0.839. The standard InChI is InChI=1S/C15H21N3O/c1-17-13-10-11(18-8-4-2-3-5-9-18)6-7-12(13)14(16)15(17)19/h6-7,10,14H,2-5,8-9,16H2,1H3. The second-order valence-corrected chi connectivity index (χ2v) is 5.52. The lowest BCUT2D eigenvalue weighted by Gasteiger charge is -2.24. The fourth-order valence-electron chi connectivity index (χ4n) is 3.07. The van der Waals surface area contributed by atoms with Crippen molar-refractivity contribution >= 4 is 17.3 Å². The van der Waals surface area contributed by atoms with Crippen LogP contribution < -0.4 is 15.5 Å². The number of rotatable bonds is 1. The lowest BCUT2D eigenvalue weighted by Crippen LogP contribution is -2.28. The number of nitrogens with two attached hydrogens (primary N) is 1. The molecule has 1 aromatic rings. The number of nitrogens with zero attached hydrogens (tertiary/aromatic N) is 2. The number of likely N-dealkylation sites (N-methyl/N-ethyl adjacent to an activating group) is 1. The number of fused-ring (bicyclic) bond motifs is 1. The predicted octanol–water partition coefficient (Wildman–Crippen LogP) is 2.04. The maximum atomic E-state index is 11.9. The number of amides is 1. The minimum atomic E-state index is -0.488. The van der Waals surface area contributed by atoms with Gasteiger partial charge in [0.2, 0.25) is 5.91 Å². The number of benzene rings is 1. The average Bonchev–Trinajstić information content (AvgIpc) is 2.68. The van der Waals surface area contributed by atoms with E-state index in [1.54, 1.807) is 11.9 Å². The van der Waals surface area contributed by atoms with E-state index in [0.717, 1.165) is 24.3 Å². The van der Waals surface area contributed by atoms with Crippen molar-refractivity contribution < 1.29 is 4.79 Å². The molecule has 4 nitrogen and oxygen atoms in total. The molecule has 0 saturated carbocycles. The Labute approximate surface area is 114 Å². The summed E-state index contributed by atoms with van der Waals surface area (Å²) in [6, 6.07) is 5.75. The predicted molar refractivity (Wildman–Crippen MR) is 77.5 cm³/mol. The van der Waals surface area contributed by atoms with Crippen molar-refractivity contribution in [2.45, 2.75) is 31.7 Å². The molecular formula is C15H21N3O. The van der Waals surface area contributed by atoms with Crippen molar-refractivity contribution in [1.82, 2.24) is 0 Å². The van der Waals surface area contributed by atoms with Gasteiger partial charge < -0.3 is 15.5 Å². The largest absolute Gasteiger partial charge is 0.371 e. The van der Waals surface area contributed by atoms with Gasteiger partial charge in [-0.3, -0.25) is 4.79 Å². The Kier molecular flexibility index (Phi) is 3.19. The van der Waals surface area contributed by atoms with E-state index in [0.29, 0.717) is 0 Å². The van der Waals surface area contributed by atoms with Gasteiger partial charge in [0, 0.05) is 31.4 Å². The molecule has 1 fully saturated rings. The van der Waals surface area contributed by atoms with Crippen LogP contribution >= 0.6 is 0 Å². The highest BCUT2D eigenvalue weighted by Gasteiger charge is 2.32. The summed E-state index contributed by atoms with van der Waals surface area (Å²) < 4.78 is 0.